The van der Waals surface area contributed by atoms with E-state index in [1.807, 2.05) is 0 Å². The quantitative estimate of drug-likeness (QED) is 0.787. The van der Waals surface area contributed by atoms with Crippen LogP contribution in [0.15, 0.2) is 0 Å². The standard InChI is InChI=1S/C17H33NO2/c1-6-18(7-2)12-14(19)11-17(20)10-13-8-9-16(17,5)15(13,3)4/h13-14,19-20H,6-12H2,1-5H3/t13-,14-,16-,17+/m1/s1. The molecule has 2 bridgehead atoms. The van der Waals surface area contributed by atoms with Crippen molar-refractivity contribution in [2.75, 3.05) is 19.6 Å². The van der Waals surface area contributed by atoms with Crippen molar-refractivity contribution < 1.29 is 10.2 Å². The first-order chi connectivity index (χ1) is 9.20. The molecule has 0 aliphatic heterocycles. The molecule has 3 nitrogen and oxygen atoms in total. The first kappa shape index (κ1) is 16.3. The molecule has 2 saturated carbocycles. The highest BCUT2D eigenvalue weighted by atomic mass is 16.3. The van der Waals surface area contributed by atoms with Gasteiger partial charge in [-0.1, -0.05) is 34.6 Å². The van der Waals surface area contributed by atoms with Gasteiger partial charge in [-0.15, -0.1) is 0 Å². The lowest BCUT2D eigenvalue weighted by atomic mass is 9.63. The van der Waals surface area contributed by atoms with Crippen molar-refractivity contribution in [2.24, 2.45) is 16.7 Å². The van der Waals surface area contributed by atoms with Crippen molar-refractivity contribution in [1.29, 1.82) is 0 Å². The van der Waals surface area contributed by atoms with Gasteiger partial charge in [-0.05, 0) is 43.7 Å². The van der Waals surface area contributed by atoms with Crippen molar-refractivity contribution in [2.45, 2.75) is 72.0 Å². The van der Waals surface area contributed by atoms with E-state index in [1.54, 1.807) is 0 Å². The topological polar surface area (TPSA) is 43.7 Å². The van der Waals surface area contributed by atoms with Crippen LogP contribution in [0.2, 0.25) is 0 Å². The van der Waals surface area contributed by atoms with E-state index in [0.717, 1.165) is 25.9 Å². The van der Waals surface area contributed by atoms with Crippen molar-refractivity contribution in [3.05, 3.63) is 0 Å². The second kappa shape index (κ2) is 5.26. The van der Waals surface area contributed by atoms with Crippen LogP contribution in [0, 0.1) is 16.7 Å². The van der Waals surface area contributed by atoms with Gasteiger partial charge in [-0.2, -0.15) is 0 Å². The fourth-order valence-electron chi connectivity index (χ4n) is 4.96. The minimum Gasteiger partial charge on any atom is -0.392 e. The molecular formula is C17H33NO2. The molecule has 2 N–H and O–H groups in total. The van der Waals surface area contributed by atoms with Crippen molar-refractivity contribution in [3.8, 4) is 0 Å². The molecule has 0 spiro atoms. The molecule has 0 aromatic carbocycles. The number of rotatable bonds is 6. The lowest BCUT2D eigenvalue weighted by molar-refractivity contribution is -0.116. The number of likely N-dealkylation sites (N-methyl/N-ethyl adjacent to an activating group) is 1. The van der Waals surface area contributed by atoms with Crippen molar-refractivity contribution in [3.63, 3.8) is 0 Å². The highest BCUT2D eigenvalue weighted by Crippen LogP contribution is 2.70. The molecule has 118 valence electrons. The Hall–Kier alpha value is -0.120. The summed E-state index contributed by atoms with van der Waals surface area (Å²) >= 11 is 0. The van der Waals surface area contributed by atoms with Gasteiger partial charge in [0.05, 0.1) is 11.7 Å². The maximum absolute atomic E-state index is 11.2. The summed E-state index contributed by atoms with van der Waals surface area (Å²) in [6, 6.07) is 0. The van der Waals surface area contributed by atoms with Crippen LogP contribution in [-0.2, 0) is 0 Å². The summed E-state index contributed by atoms with van der Waals surface area (Å²) in [6.45, 7) is 13.7. The van der Waals surface area contributed by atoms with Crippen LogP contribution in [0.5, 0.6) is 0 Å². The summed E-state index contributed by atoms with van der Waals surface area (Å²) < 4.78 is 0. The Bertz CT molecular complexity index is 353. The molecule has 2 rings (SSSR count). The van der Waals surface area contributed by atoms with Crippen LogP contribution in [0.25, 0.3) is 0 Å². The van der Waals surface area contributed by atoms with E-state index in [9.17, 15) is 10.2 Å². The lowest BCUT2D eigenvalue weighted by Gasteiger charge is -2.46. The number of aliphatic hydroxyl groups is 2. The zero-order chi connectivity index (χ0) is 15.2. The summed E-state index contributed by atoms with van der Waals surface area (Å²) in [6.07, 6.45) is 3.30. The number of fused-ring (bicyclic) bond motifs is 2. The predicted octanol–water partition coefficient (Wildman–Crippen LogP) is 2.66. The number of aliphatic hydroxyl groups excluding tert-OH is 1. The van der Waals surface area contributed by atoms with Crippen LogP contribution in [0.4, 0.5) is 0 Å². The summed E-state index contributed by atoms with van der Waals surface area (Å²) in [5.41, 5.74) is -0.544. The van der Waals surface area contributed by atoms with E-state index in [4.69, 9.17) is 0 Å². The first-order valence-electron chi connectivity index (χ1n) is 8.33. The zero-order valence-electron chi connectivity index (χ0n) is 13.9. The summed E-state index contributed by atoms with van der Waals surface area (Å²) in [5, 5.41) is 21.6. The Kier molecular flexibility index (Phi) is 4.27. The molecule has 2 aliphatic rings. The van der Waals surface area contributed by atoms with E-state index in [-0.39, 0.29) is 10.8 Å². The largest absolute Gasteiger partial charge is 0.392 e. The second-order valence-corrected chi connectivity index (χ2v) is 7.87. The monoisotopic (exact) mass is 283 g/mol. The molecule has 0 radical (unpaired) electrons. The second-order valence-electron chi connectivity index (χ2n) is 7.87. The number of hydrogen-bond donors (Lipinski definition) is 2. The summed E-state index contributed by atoms with van der Waals surface area (Å²) in [4.78, 5) is 2.23. The van der Waals surface area contributed by atoms with Gasteiger partial charge < -0.3 is 15.1 Å². The third kappa shape index (κ3) is 2.22. The Morgan fingerprint density at radius 2 is 1.80 bits per heavy atom. The van der Waals surface area contributed by atoms with Crippen LogP contribution in [-0.4, -0.2) is 46.5 Å². The highest BCUT2D eigenvalue weighted by molar-refractivity contribution is 5.18. The molecule has 0 aromatic heterocycles. The fourth-order valence-corrected chi connectivity index (χ4v) is 4.96. The summed E-state index contributed by atoms with van der Waals surface area (Å²) in [7, 11) is 0. The van der Waals surface area contributed by atoms with Gasteiger partial charge in [0.2, 0.25) is 0 Å². The van der Waals surface area contributed by atoms with Crippen molar-refractivity contribution in [1.82, 2.24) is 4.90 Å². The third-order valence-corrected chi connectivity index (χ3v) is 6.98. The lowest BCUT2D eigenvalue weighted by Crippen LogP contribution is -2.50. The minimum atomic E-state index is -0.689. The molecule has 3 heteroatoms. The Morgan fingerprint density at radius 3 is 2.20 bits per heavy atom. The predicted molar refractivity (Wildman–Crippen MR) is 82.6 cm³/mol. The van der Waals surface area contributed by atoms with Crippen LogP contribution >= 0.6 is 0 Å². The molecule has 4 atom stereocenters. The van der Waals surface area contributed by atoms with Gasteiger partial charge in [0.25, 0.3) is 0 Å². The molecule has 20 heavy (non-hydrogen) atoms. The maximum Gasteiger partial charge on any atom is 0.0734 e. The van der Waals surface area contributed by atoms with Crippen molar-refractivity contribution >= 4 is 0 Å². The van der Waals surface area contributed by atoms with Gasteiger partial charge in [0.1, 0.15) is 0 Å². The van der Waals surface area contributed by atoms with Crippen LogP contribution in [0.1, 0.15) is 60.3 Å². The van der Waals surface area contributed by atoms with E-state index < -0.39 is 11.7 Å². The van der Waals surface area contributed by atoms with Gasteiger partial charge >= 0.3 is 0 Å². The van der Waals surface area contributed by atoms with Gasteiger partial charge in [-0.3, -0.25) is 0 Å². The molecular weight excluding hydrogens is 250 g/mol. The smallest absolute Gasteiger partial charge is 0.0734 e. The van der Waals surface area contributed by atoms with Crippen LogP contribution in [0.3, 0.4) is 0 Å². The van der Waals surface area contributed by atoms with E-state index in [0.29, 0.717) is 18.9 Å². The van der Waals surface area contributed by atoms with E-state index >= 15 is 0 Å². The fraction of sp³-hybridized carbons (Fsp3) is 1.00. The average molecular weight is 283 g/mol. The Morgan fingerprint density at radius 1 is 1.20 bits per heavy atom. The third-order valence-electron chi connectivity index (χ3n) is 6.98. The Balaban J connectivity index is 2.06. The zero-order valence-corrected chi connectivity index (χ0v) is 13.9. The minimum absolute atomic E-state index is 0.0467. The SMILES string of the molecule is CCN(CC)C[C@H](O)C[C@@]1(O)C[C@H]2CC[C@]1(C)C2(C)C. The Labute approximate surface area is 124 Å². The molecule has 0 amide bonds. The molecule has 2 aliphatic carbocycles. The maximum atomic E-state index is 11.2. The molecule has 0 heterocycles. The highest BCUT2D eigenvalue weighted by Gasteiger charge is 2.68. The van der Waals surface area contributed by atoms with Gasteiger partial charge in [0, 0.05) is 18.4 Å². The van der Waals surface area contributed by atoms with E-state index in [2.05, 4.69) is 39.5 Å². The molecule has 0 saturated heterocycles. The van der Waals surface area contributed by atoms with Gasteiger partial charge in [-0.25, -0.2) is 0 Å². The summed E-state index contributed by atoms with van der Waals surface area (Å²) in [5.74, 6) is 0.609. The molecule has 0 unspecified atom stereocenters. The first-order valence-corrected chi connectivity index (χ1v) is 8.33. The molecule has 2 fully saturated rings. The van der Waals surface area contributed by atoms with E-state index in [1.165, 1.54) is 6.42 Å². The number of nitrogens with zero attached hydrogens (tertiary/aromatic N) is 1. The molecule has 0 aromatic rings. The number of hydrogen-bond acceptors (Lipinski definition) is 3. The average Bonchev–Trinajstić information content (AvgIpc) is 2.67. The normalized spacial score (nSPS) is 40.5. The van der Waals surface area contributed by atoms with Gasteiger partial charge in [0.15, 0.2) is 0 Å². The van der Waals surface area contributed by atoms with Crippen LogP contribution < -0.4 is 0 Å².